The molecule has 3 nitrogen and oxygen atoms in total. The molecule has 3 heteroatoms. The summed E-state index contributed by atoms with van der Waals surface area (Å²) >= 11 is 0. The SMILES string of the molecule is NC(=O)CCC1CN1Cc1ccccc1. The maximum Gasteiger partial charge on any atom is 0.217 e. The van der Waals surface area contributed by atoms with Gasteiger partial charge in [-0.1, -0.05) is 30.3 Å². The van der Waals surface area contributed by atoms with Gasteiger partial charge in [0.2, 0.25) is 5.91 Å². The second-order valence-corrected chi connectivity index (χ2v) is 4.07. The summed E-state index contributed by atoms with van der Waals surface area (Å²) in [5, 5.41) is 0. The third-order valence-corrected chi connectivity index (χ3v) is 2.78. The van der Waals surface area contributed by atoms with Crippen LogP contribution in [0, 0.1) is 0 Å². The van der Waals surface area contributed by atoms with Crippen molar-refractivity contribution in [3.8, 4) is 0 Å². The van der Waals surface area contributed by atoms with Gasteiger partial charge < -0.3 is 5.73 Å². The average Bonchev–Trinajstić information content (AvgIpc) is 2.95. The summed E-state index contributed by atoms with van der Waals surface area (Å²) < 4.78 is 0. The average molecular weight is 204 g/mol. The highest BCUT2D eigenvalue weighted by atomic mass is 16.1. The van der Waals surface area contributed by atoms with Gasteiger partial charge in [-0.2, -0.15) is 0 Å². The second-order valence-electron chi connectivity index (χ2n) is 4.07. The molecule has 0 aromatic heterocycles. The molecule has 15 heavy (non-hydrogen) atoms. The minimum Gasteiger partial charge on any atom is -0.370 e. The van der Waals surface area contributed by atoms with Crippen molar-refractivity contribution >= 4 is 5.91 Å². The predicted octanol–water partition coefficient (Wildman–Crippen LogP) is 1.14. The van der Waals surface area contributed by atoms with E-state index in [9.17, 15) is 4.79 Å². The lowest BCUT2D eigenvalue weighted by atomic mass is 10.2. The van der Waals surface area contributed by atoms with Gasteiger partial charge in [0.05, 0.1) is 0 Å². The Balaban J connectivity index is 1.73. The molecule has 80 valence electrons. The molecule has 1 amide bonds. The van der Waals surface area contributed by atoms with E-state index in [-0.39, 0.29) is 5.91 Å². The molecule has 1 fully saturated rings. The van der Waals surface area contributed by atoms with Crippen LogP contribution in [0.5, 0.6) is 0 Å². The number of hydrogen-bond donors (Lipinski definition) is 1. The lowest BCUT2D eigenvalue weighted by Crippen LogP contribution is -2.12. The van der Waals surface area contributed by atoms with Gasteiger partial charge in [0, 0.05) is 25.6 Å². The molecule has 1 aliphatic rings. The molecule has 0 radical (unpaired) electrons. The standard InChI is InChI=1S/C12H16N2O/c13-12(15)7-6-11-9-14(11)8-10-4-2-1-3-5-10/h1-5,11H,6-9H2,(H2,13,15). The number of nitrogens with two attached hydrogens (primary N) is 1. The molecule has 0 spiro atoms. The largest absolute Gasteiger partial charge is 0.370 e. The fraction of sp³-hybridized carbons (Fsp3) is 0.417. The van der Waals surface area contributed by atoms with Gasteiger partial charge in [-0.25, -0.2) is 0 Å². The molecule has 2 atom stereocenters. The zero-order valence-corrected chi connectivity index (χ0v) is 8.73. The zero-order valence-electron chi connectivity index (χ0n) is 8.73. The van der Waals surface area contributed by atoms with Crippen LogP contribution in [-0.4, -0.2) is 23.4 Å². The highest BCUT2D eigenvalue weighted by molar-refractivity contribution is 5.73. The third kappa shape index (κ3) is 3.06. The van der Waals surface area contributed by atoms with E-state index >= 15 is 0 Å². The van der Waals surface area contributed by atoms with Crippen LogP contribution in [0.15, 0.2) is 30.3 Å². The van der Waals surface area contributed by atoms with Crippen molar-refractivity contribution < 1.29 is 4.79 Å². The summed E-state index contributed by atoms with van der Waals surface area (Å²) in [5.41, 5.74) is 6.44. The van der Waals surface area contributed by atoms with Gasteiger partial charge in [0.15, 0.2) is 0 Å². The molecule has 0 aliphatic carbocycles. The quantitative estimate of drug-likeness (QED) is 0.731. The number of hydrogen-bond acceptors (Lipinski definition) is 2. The smallest absolute Gasteiger partial charge is 0.217 e. The second kappa shape index (κ2) is 4.45. The number of nitrogens with zero attached hydrogens (tertiary/aromatic N) is 1. The van der Waals surface area contributed by atoms with Crippen molar-refractivity contribution in [3.63, 3.8) is 0 Å². The zero-order chi connectivity index (χ0) is 10.7. The van der Waals surface area contributed by atoms with Crippen molar-refractivity contribution in [2.24, 2.45) is 5.73 Å². The Morgan fingerprint density at radius 1 is 1.40 bits per heavy atom. The van der Waals surface area contributed by atoms with Gasteiger partial charge >= 0.3 is 0 Å². The van der Waals surface area contributed by atoms with Gasteiger partial charge in [0.25, 0.3) is 0 Å². The lowest BCUT2D eigenvalue weighted by Gasteiger charge is -2.02. The first kappa shape index (κ1) is 10.2. The highest BCUT2D eigenvalue weighted by Gasteiger charge is 2.33. The summed E-state index contributed by atoms with van der Waals surface area (Å²) in [4.78, 5) is 13.0. The summed E-state index contributed by atoms with van der Waals surface area (Å²) in [7, 11) is 0. The number of primary amides is 1. The minimum absolute atomic E-state index is 0.193. The summed E-state index contributed by atoms with van der Waals surface area (Å²) in [6.45, 7) is 2.09. The molecule has 2 N–H and O–H groups in total. The van der Waals surface area contributed by atoms with E-state index in [1.807, 2.05) is 6.07 Å². The van der Waals surface area contributed by atoms with Gasteiger partial charge in [-0.05, 0) is 12.0 Å². The van der Waals surface area contributed by atoms with Crippen LogP contribution >= 0.6 is 0 Å². The number of benzene rings is 1. The van der Waals surface area contributed by atoms with Crippen LogP contribution in [0.25, 0.3) is 0 Å². The molecule has 1 aliphatic heterocycles. The first-order valence-electron chi connectivity index (χ1n) is 5.32. The van der Waals surface area contributed by atoms with E-state index in [1.165, 1.54) is 5.56 Å². The summed E-state index contributed by atoms with van der Waals surface area (Å²) in [6, 6.07) is 11.0. The van der Waals surface area contributed by atoms with Crippen LogP contribution < -0.4 is 5.73 Å². The molecule has 1 saturated heterocycles. The van der Waals surface area contributed by atoms with Crippen LogP contribution in [0.4, 0.5) is 0 Å². The van der Waals surface area contributed by atoms with E-state index < -0.39 is 0 Å². The Bertz CT molecular complexity index is 337. The third-order valence-electron chi connectivity index (χ3n) is 2.78. The van der Waals surface area contributed by atoms with E-state index in [1.54, 1.807) is 0 Å². The molecule has 1 aromatic carbocycles. The van der Waals surface area contributed by atoms with E-state index in [0.29, 0.717) is 12.5 Å². The van der Waals surface area contributed by atoms with Crippen molar-refractivity contribution in [2.45, 2.75) is 25.4 Å². The number of carbonyl (C=O) groups excluding carboxylic acids is 1. The maximum absolute atomic E-state index is 10.6. The number of carbonyl (C=O) groups is 1. The Morgan fingerprint density at radius 2 is 2.13 bits per heavy atom. The first-order chi connectivity index (χ1) is 7.25. The molecular weight excluding hydrogens is 188 g/mol. The van der Waals surface area contributed by atoms with Gasteiger partial charge in [0.1, 0.15) is 0 Å². The van der Waals surface area contributed by atoms with Crippen molar-refractivity contribution in [3.05, 3.63) is 35.9 Å². The van der Waals surface area contributed by atoms with E-state index in [0.717, 1.165) is 19.5 Å². The van der Waals surface area contributed by atoms with E-state index in [2.05, 4.69) is 29.2 Å². The predicted molar refractivity (Wildman–Crippen MR) is 59.1 cm³/mol. The van der Waals surface area contributed by atoms with Crippen molar-refractivity contribution in [1.29, 1.82) is 0 Å². The summed E-state index contributed by atoms with van der Waals surface area (Å²) in [6.07, 6.45) is 1.41. The normalized spacial score (nSPS) is 23.7. The fourth-order valence-electron chi connectivity index (χ4n) is 1.82. The monoisotopic (exact) mass is 204 g/mol. The Labute approximate surface area is 89.9 Å². The van der Waals surface area contributed by atoms with Gasteiger partial charge in [-0.15, -0.1) is 0 Å². The highest BCUT2D eigenvalue weighted by Crippen LogP contribution is 2.24. The number of rotatable bonds is 5. The van der Waals surface area contributed by atoms with Gasteiger partial charge in [-0.3, -0.25) is 9.69 Å². The molecule has 2 rings (SSSR count). The van der Waals surface area contributed by atoms with Crippen LogP contribution in [0.1, 0.15) is 18.4 Å². The van der Waals surface area contributed by atoms with E-state index in [4.69, 9.17) is 5.73 Å². The van der Waals surface area contributed by atoms with Crippen LogP contribution in [0.3, 0.4) is 0 Å². The Kier molecular flexibility index (Phi) is 3.02. The minimum atomic E-state index is -0.193. The summed E-state index contributed by atoms with van der Waals surface area (Å²) in [5.74, 6) is -0.193. The van der Waals surface area contributed by atoms with Crippen LogP contribution in [0.2, 0.25) is 0 Å². The maximum atomic E-state index is 10.6. The molecule has 1 aromatic rings. The lowest BCUT2D eigenvalue weighted by molar-refractivity contribution is -0.118. The van der Waals surface area contributed by atoms with Crippen LogP contribution in [-0.2, 0) is 11.3 Å². The molecular formula is C12H16N2O. The molecule has 0 saturated carbocycles. The van der Waals surface area contributed by atoms with Crippen molar-refractivity contribution in [1.82, 2.24) is 4.90 Å². The fourth-order valence-corrected chi connectivity index (χ4v) is 1.82. The topological polar surface area (TPSA) is 46.1 Å². The molecule has 1 heterocycles. The Hall–Kier alpha value is -1.35. The number of amides is 1. The van der Waals surface area contributed by atoms with Crippen molar-refractivity contribution in [2.75, 3.05) is 6.54 Å². The molecule has 0 bridgehead atoms. The first-order valence-corrected chi connectivity index (χ1v) is 5.32. The Morgan fingerprint density at radius 3 is 2.80 bits per heavy atom. The molecule has 2 unspecified atom stereocenters.